The lowest BCUT2D eigenvalue weighted by atomic mass is 9.85. The molecule has 1 saturated heterocycles. The molecule has 3 amide bonds. The van der Waals surface area contributed by atoms with E-state index in [-0.39, 0.29) is 59.9 Å². The third kappa shape index (κ3) is 6.14. The van der Waals surface area contributed by atoms with Gasteiger partial charge in [0, 0.05) is 55.3 Å². The van der Waals surface area contributed by atoms with Gasteiger partial charge in [0.25, 0.3) is 5.56 Å². The maximum atomic E-state index is 14.1. The molecule has 0 saturated carbocycles. The van der Waals surface area contributed by atoms with Crippen LogP contribution >= 0.6 is 0 Å². The number of amides is 3. The fraction of sp³-hybridized carbons (Fsp3) is 0.333. The van der Waals surface area contributed by atoms with E-state index in [2.05, 4.69) is 10.2 Å². The van der Waals surface area contributed by atoms with Crippen LogP contribution in [0, 0.1) is 0 Å². The molecule has 1 unspecified atom stereocenters. The number of hydrogen-bond acceptors (Lipinski definition) is 11. The molecule has 1 fully saturated rings. The summed E-state index contributed by atoms with van der Waals surface area (Å²) in [6.07, 6.45) is 0.0243. The molecule has 6 heterocycles. The van der Waals surface area contributed by atoms with Gasteiger partial charge in [-0.2, -0.15) is 4.58 Å². The van der Waals surface area contributed by atoms with E-state index in [1.807, 2.05) is 45.0 Å². The number of nitrogens with one attached hydrogen (secondary N) is 1. The zero-order chi connectivity index (χ0) is 42.2. The van der Waals surface area contributed by atoms with E-state index in [1.54, 1.807) is 46.7 Å². The molecule has 15 nitrogen and oxygen atoms in total. The van der Waals surface area contributed by atoms with Crippen LogP contribution in [0.15, 0.2) is 65.5 Å². The fourth-order valence-electron chi connectivity index (χ4n) is 8.96. The average molecular weight is 814 g/mol. The molecule has 3 aromatic carbocycles. The largest absolute Gasteiger partial charge is 0.508 e. The van der Waals surface area contributed by atoms with E-state index in [1.165, 1.54) is 10.6 Å². The highest BCUT2D eigenvalue weighted by atomic mass is 16.6. The quantitative estimate of drug-likeness (QED) is 0.110. The van der Waals surface area contributed by atoms with Gasteiger partial charge in [-0.3, -0.25) is 9.69 Å². The molecular weight excluding hydrogens is 769 g/mol. The highest BCUT2D eigenvalue weighted by Crippen LogP contribution is 2.43. The Balaban J connectivity index is 0.906. The van der Waals surface area contributed by atoms with Crippen LogP contribution in [0.5, 0.6) is 17.2 Å². The molecule has 0 radical (unpaired) electrons. The number of cyclic esters (lactones) is 1. The van der Waals surface area contributed by atoms with Crippen LogP contribution in [0.25, 0.3) is 22.3 Å². The van der Waals surface area contributed by atoms with Gasteiger partial charge in [-0.15, -0.1) is 0 Å². The van der Waals surface area contributed by atoms with Crippen molar-refractivity contribution in [3.63, 3.8) is 0 Å². The van der Waals surface area contributed by atoms with E-state index in [9.17, 15) is 34.5 Å². The molecule has 15 heteroatoms. The molecule has 9 rings (SSSR count). The van der Waals surface area contributed by atoms with Crippen molar-refractivity contribution >= 4 is 40.5 Å². The number of carbonyl (C=O) groups is 3. The van der Waals surface area contributed by atoms with Gasteiger partial charge in [0.15, 0.2) is 0 Å². The number of piperazine rings is 1. The molecule has 60 heavy (non-hydrogen) atoms. The molecule has 4 aliphatic rings. The number of nitrogens with zero attached hydrogens (tertiary/aromatic N) is 5. The minimum atomic E-state index is -1.83. The van der Waals surface area contributed by atoms with Crippen LogP contribution in [0.3, 0.4) is 0 Å². The first-order chi connectivity index (χ1) is 28.8. The van der Waals surface area contributed by atoms with E-state index in [4.69, 9.17) is 14.5 Å². The number of phenolic OH excluding ortho intramolecular Hbond substituents is 3. The predicted molar refractivity (Wildman–Crippen MR) is 220 cm³/mol. The number of esters is 1. The summed E-state index contributed by atoms with van der Waals surface area (Å²) in [5.41, 5.74) is 4.76. The molecular formula is C45H45N6O9+. The van der Waals surface area contributed by atoms with Crippen molar-refractivity contribution < 1.29 is 43.8 Å². The van der Waals surface area contributed by atoms with Crippen molar-refractivity contribution in [2.75, 3.05) is 26.2 Å². The van der Waals surface area contributed by atoms with Crippen molar-refractivity contribution in [3.05, 3.63) is 110 Å². The number of urea groups is 1. The number of aryl methyl sites for hydroxylation is 1. The molecule has 0 spiro atoms. The first kappa shape index (κ1) is 38.8. The lowest BCUT2D eigenvalue weighted by molar-refractivity contribution is -0.356. The fourth-order valence-corrected chi connectivity index (χ4v) is 8.96. The number of rotatable bonds is 8. The van der Waals surface area contributed by atoms with Gasteiger partial charge in [0.2, 0.25) is 11.4 Å². The Labute approximate surface area is 344 Å². The number of ether oxygens (including phenoxy) is 2. The molecule has 0 aliphatic carbocycles. The molecule has 1 atom stereocenters. The van der Waals surface area contributed by atoms with Gasteiger partial charge in [-0.1, -0.05) is 39.8 Å². The number of pyridine rings is 2. The summed E-state index contributed by atoms with van der Waals surface area (Å²) in [6, 6.07) is 16.9. The molecule has 5 aromatic rings. The van der Waals surface area contributed by atoms with Crippen LogP contribution in [-0.4, -0.2) is 89.4 Å². The first-order valence-corrected chi connectivity index (χ1v) is 20.2. The lowest BCUT2D eigenvalue weighted by Crippen LogP contribution is -2.53. The van der Waals surface area contributed by atoms with Crippen LogP contribution in [0.4, 0.5) is 15.3 Å². The summed E-state index contributed by atoms with van der Waals surface area (Å²) in [6.45, 7) is 9.98. The molecule has 308 valence electrons. The number of fused-ring (bicyclic) bond motifs is 5. The van der Waals surface area contributed by atoms with Crippen LogP contribution in [0.1, 0.15) is 79.0 Å². The highest BCUT2D eigenvalue weighted by Gasteiger charge is 2.51. The number of aromatic nitrogens is 2. The van der Waals surface area contributed by atoms with E-state index in [0.29, 0.717) is 84.3 Å². The van der Waals surface area contributed by atoms with Crippen LogP contribution < -0.4 is 10.9 Å². The van der Waals surface area contributed by atoms with Crippen LogP contribution in [-0.2, 0) is 46.0 Å². The van der Waals surface area contributed by atoms with Gasteiger partial charge < -0.3 is 34.3 Å². The minimum absolute atomic E-state index is 0.00239. The summed E-state index contributed by atoms with van der Waals surface area (Å²) in [5, 5.41) is 34.7. The lowest BCUT2D eigenvalue weighted by Gasteiger charge is -2.39. The van der Waals surface area contributed by atoms with Crippen molar-refractivity contribution in [1.29, 1.82) is 0 Å². The second kappa shape index (κ2) is 14.5. The summed E-state index contributed by atoms with van der Waals surface area (Å²) in [4.78, 5) is 63.1. The Hall–Kier alpha value is -6.74. The SMILES string of the molecule is CCc1c2c(nc3ccc(O)cc13)-c1cc3c(c(=O)n1C2)COC(=O)C3(CC)OC(=O)N1CCN(Cc2ccc([N+]3=C(c4cc(C(C)C)c(O)cc4O)NC3=O)cc2)CC1. The third-order valence-corrected chi connectivity index (χ3v) is 12.3. The number of benzene rings is 3. The van der Waals surface area contributed by atoms with Gasteiger partial charge in [0.1, 0.15) is 29.5 Å². The van der Waals surface area contributed by atoms with Gasteiger partial charge >= 0.3 is 18.1 Å². The van der Waals surface area contributed by atoms with Gasteiger partial charge in [-0.25, -0.2) is 24.7 Å². The Morgan fingerprint density at radius 1 is 0.950 bits per heavy atom. The number of amidine groups is 1. The molecule has 4 N–H and O–H groups in total. The van der Waals surface area contributed by atoms with E-state index >= 15 is 0 Å². The molecule has 4 aliphatic heterocycles. The Kier molecular flexibility index (Phi) is 9.38. The van der Waals surface area contributed by atoms with Gasteiger partial charge in [0.05, 0.1) is 34.6 Å². The Morgan fingerprint density at radius 2 is 1.70 bits per heavy atom. The smallest absolute Gasteiger partial charge is 0.448 e. The normalized spacial score (nSPS) is 18.5. The van der Waals surface area contributed by atoms with E-state index < -0.39 is 17.7 Å². The number of phenols is 3. The second-order valence-corrected chi connectivity index (χ2v) is 16.0. The number of hydrogen-bond donors (Lipinski definition) is 4. The summed E-state index contributed by atoms with van der Waals surface area (Å²) in [5.74, 6) is -0.329. The van der Waals surface area contributed by atoms with Crippen molar-refractivity contribution in [2.24, 2.45) is 0 Å². The maximum absolute atomic E-state index is 14.1. The maximum Gasteiger partial charge on any atom is 0.448 e. The standard InChI is InChI=1S/C45H44N6O9/c1-5-28-30-17-27(52)11-12-35(30)46-39-32(28)22-50-36(39)19-34-33(41(50)55)23-59-42(56)45(34,6-2)60-44(58)49-15-13-48(14-16-49)21-25-7-9-26(10-8-25)51-40(47-43(51)57)31-18-29(24(3)4)37(53)20-38(31)54/h7-12,17-20,24H,5-6,13-16,21-23H2,1-4H3,(H3,47,52,53,54,55,57)/p+1. The predicted octanol–water partition coefficient (Wildman–Crippen LogP) is 5.66. The first-order valence-electron chi connectivity index (χ1n) is 20.2. The molecule has 2 aromatic heterocycles. The van der Waals surface area contributed by atoms with Crippen LogP contribution in [0.2, 0.25) is 0 Å². The zero-order valence-electron chi connectivity index (χ0n) is 33.7. The Morgan fingerprint density at radius 3 is 2.38 bits per heavy atom. The average Bonchev–Trinajstić information content (AvgIpc) is 3.59. The van der Waals surface area contributed by atoms with Crippen molar-refractivity contribution in [3.8, 4) is 28.6 Å². The number of carbonyl (C=O) groups excluding carboxylic acids is 3. The highest BCUT2D eigenvalue weighted by molar-refractivity contribution is 6.13. The zero-order valence-corrected chi connectivity index (χ0v) is 33.7. The topological polar surface area (TPSA) is 187 Å². The van der Waals surface area contributed by atoms with Gasteiger partial charge in [-0.05, 0) is 77.9 Å². The summed E-state index contributed by atoms with van der Waals surface area (Å²) < 4.78 is 14.8. The second-order valence-electron chi connectivity index (χ2n) is 16.0. The minimum Gasteiger partial charge on any atom is -0.508 e. The summed E-state index contributed by atoms with van der Waals surface area (Å²) in [7, 11) is 0. The summed E-state index contributed by atoms with van der Waals surface area (Å²) >= 11 is 0. The van der Waals surface area contributed by atoms with Crippen molar-refractivity contribution in [2.45, 2.75) is 71.8 Å². The Bertz CT molecular complexity index is 2750. The van der Waals surface area contributed by atoms with Crippen molar-refractivity contribution in [1.82, 2.24) is 24.7 Å². The number of aromatic hydroxyl groups is 3. The third-order valence-electron chi connectivity index (χ3n) is 12.3. The monoisotopic (exact) mass is 813 g/mol. The molecule has 0 bridgehead atoms. The van der Waals surface area contributed by atoms with E-state index in [0.717, 1.165) is 22.1 Å².